The van der Waals surface area contributed by atoms with Gasteiger partial charge in [-0.15, -0.1) is 24.0 Å². The third-order valence-corrected chi connectivity index (χ3v) is 2.83. The van der Waals surface area contributed by atoms with Crippen LogP contribution in [0.3, 0.4) is 0 Å². The Balaban J connectivity index is 0.00000144. The molecule has 1 aliphatic carbocycles. The number of halogens is 1. The summed E-state index contributed by atoms with van der Waals surface area (Å²) in [6.45, 7) is 0.716. The monoisotopic (exact) mass is 346 g/mol. The molecule has 1 aliphatic rings. The summed E-state index contributed by atoms with van der Waals surface area (Å²) in [5, 5.41) is 6.65. The summed E-state index contributed by atoms with van der Waals surface area (Å²) in [5.74, 6) is 0.871. The summed E-state index contributed by atoms with van der Waals surface area (Å²) in [5.41, 5.74) is 1.03. The molecule has 17 heavy (non-hydrogen) atoms. The summed E-state index contributed by atoms with van der Waals surface area (Å²) < 4.78 is 0. The minimum Gasteiger partial charge on any atom is -0.354 e. The van der Waals surface area contributed by atoms with Crippen molar-refractivity contribution in [2.24, 2.45) is 4.99 Å². The summed E-state index contributed by atoms with van der Waals surface area (Å²) in [6.07, 6.45) is 5.64. The molecule has 4 nitrogen and oxygen atoms in total. The van der Waals surface area contributed by atoms with E-state index in [1.165, 1.54) is 19.3 Å². The first-order valence-corrected chi connectivity index (χ1v) is 5.75. The van der Waals surface area contributed by atoms with E-state index in [9.17, 15) is 0 Å². The first-order chi connectivity index (χ1) is 7.88. The standard InChI is InChI=1S/C12H18N4.HI/c1-13-12(16-10-6-4-7-10)15-9-11-5-2-3-8-14-11;/h2-3,5,8,10H,4,6-7,9H2,1H3,(H2,13,15,16);1H. The Bertz CT molecular complexity index is 349. The van der Waals surface area contributed by atoms with Crippen LogP contribution in [0.4, 0.5) is 0 Å². The molecule has 1 fully saturated rings. The van der Waals surface area contributed by atoms with E-state index in [1.54, 1.807) is 13.2 Å². The van der Waals surface area contributed by atoms with Crippen molar-refractivity contribution in [2.45, 2.75) is 31.8 Å². The van der Waals surface area contributed by atoms with Crippen LogP contribution >= 0.6 is 24.0 Å². The lowest BCUT2D eigenvalue weighted by atomic mass is 9.93. The maximum absolute atomic E-state index is 4.25. The van der Waals surface area contributed by atoms with Crippen LogP contribution in [0.2, 0.25) is 0 Å². The molecule has 0 atom stereocenters. The zero-order valence-corrected chi connectivity index (χ0v) is 12.3. The lowest BCUT2D eigenvalue weighted by molar-refractivity contribution is 0.379. The summed E-state index contributed by atoms with van der Waals surface area (Å²) >= 11 is 0. The number of rotatable bonds is 3. The van der Waals surface area contributed by atoms with Gasteiger partial charge in [0.05, 0.1) is 12.2 Å². The minimum absolute atomic E-state index is 0. The highest BCUT2D eigenvalue weighted by molar-refractivity contribution is 14.0. The van der Waals surface area contributed by atoms with Gasteiger partial charge in [-0.3, -0.25) is 9.98 Å². The van der Waals surface area contributed by atoms with Gasteiger partial charge in [0, 0.05) is 19.3 Å². The molecule has 0 amide bonds. The SMILES string of the molecule is CN=C(NCc1ccccn1)NC1CCC1.I. The molecule has 1 saturated carbocycles. The molecule has 0 unspecified atom stereocenters. The molecule has 0 radical (unpaired) electrons. The van der Waals surface area contributed by atoms with Gasteiger partial charge < -0.3 is 10.6 Å². The highest BCUT2D eigenvalue weighted by Crippen LogP contribution is 2.17. The molecule has 1 heterocycles. The second-order valence-electron chi connectivity index (χ2n) is 4.02. The molecule has 0 spiro atoms. The van der Waals surface area contributed by atoms with E-state index in [-0.39, 0.29) is 24.0 Å². The Kier molecular flexibility index (Phi) is 6.25. The normalized spacial score (nSPS) is 15.7. The van der Waals surface area contributed by atoms with E-state index in [4.69, 9.17) is 0 Å². The molecule has 0 aromatic carbocycles. The van der Waals surface area contributed by atoms with Gasteiger partial charge in [-0.05, 0) is 31.4 Å². The van der Waals surface area contributed by atoms with Gasteiger partial charge in [-0.25, -0.2) is 0 Å². The van der Waals surface area contributed by atoms with Crippen molar-refractivity contribution in [1.82, 2.24) is 15.6 Å². The molecule has 94 valence electrons. The van der Waals surface area contributed by atoms with Crippen LogP contribution in [-0.4, -0.2) is 24.0 Å². The highest BCUT2D eigenvalue weighted by Gasteiger charge is 2.17. The molecular weight excluding hydrogens is 327 g/mol. The lowest BCUT2D eigenvalue weighted by Gasteiger charge is -2.28. The molecule has 0 bridgehead atoms. The third-order valence-electron chi connectivity index (χ3n) is 2.83. The zero-order chi connectivity index (χ0) is 11.2. The summed E-state index contributed by atoms with van der Waals surface area (Å²) in [7, 11) is 1.80. The van der Waals surface area contributed by atoms with E-state index in [0.717, 1.165) is 11.7 Å². The van der Waals surface area contributed by atoms with E-state index in [2.05, 4.69) is 20.6 Å². The van der Waals surface area contributed by atoms with Gasteiger partial charge >= 0.3 is 0 Å². The largest absolute Gasteiger partial charge is 0.354 e. The number of aromatic nitrogens is 1. The van der Waals surface area contributed by atoms with E-state index in [1.807, 2.05) is 18.2 Å². The fraction of sp³-hybridized carbons (Fsp3) is 0.500. The maximum Gasteiger partial charge on any atom is 0.191 e. The number of pyridine rings is 1. The average molecular weight is 346 g/mol. The maximum atomic E-state index is 4.25. The van der Waals surface area contributed by atoms with E-state index < -0.39 is 0 Å². The minimum atomic E-state index is 0. The van der Waals surface area contributed by atoms with Crippen LogP contribution in [0, 0.1) is 0 Å². The second-order valence-corrected chi connectivity index (χ2v) is 4.02. The second kappa shape index (κ2) is 7.47. The Hall–Kier alpha value is -0.850. The van der Waals surface area contributed by atoms with Crippen molar-refractivity contribution in [2.75, 3.05) is 7.05 Å². The number of hydrogen-bond donors (Lipinski definition) is 2. The predicted molar refractivity (Wildman–Crippen MR) is 80.6 cm³/mol. The van der Waals surface area contributed by atoms with E-state index in [0.29, 0.717) is 12.6 Å². The van der Waals surface area contributed by atoms with Crippen LogP contribution in [0.5, 0.6) is 0 Å². The molecule has 2 rings (SSSR count). The van der Waals surface area contributed by atoms with Gasteiger partial charge in [-0.1, -0.05) is 6.07 Å². The lowest BCUT2D eigenvalue weighted by Crippen LogP contribution is -2.46. The van der Waals surface area contributed by atoms with Crippen molar-refractivity contribution < 1.29 is 0 Å². The van der Waals surface area contributed by atoms with Crippen LogP contribution in [0.25, 0.3) is 0 Å². The smallest absolute Gasteiger partial charge is 0.191 e. The first kappa shape index (κ1) is 14.2. The van der Waals surface area contributed by atoms with Gasteiger partial charge in [0.1, 0.15) is 0 Å². The molecule has 0 saturated heterocycles. The molecule has 1 aromatic heterocycles. The van der Waals surface area contributed by atoms with Gasteiger partial charge in [0.2, 0.25) is 0 Å². The Morgan fingerprint density at radius 2 is 2.29 bits per heavy atom. The molecule has 1 aromatic rings. The van der Waals surface area contributed by atoms with Crippen molar-refractivity contribution in [3.63, 3.8) is 0 Å². The first-order valence-electron chi connectivity index (χ1n) is 5.75. The molecular formula is C12H19IN4. The Labute approximate surface area is 119 Å². The molecule has 2 N–H and O–H groups in total. The Morgan fingerprint density at radius 1 is 1.47 bits per heavy atom. The quantitative estimate of drug-likeness (QED) is 0.500. The van der Waals surface area contributed by atoms with Crippen LogP contribution in [0.1, 0.15) is 25.0 Å². The van der Waals surface area contributed by atoms with Gasteiger partial charge in [-0.2, -0.15) is 0 Å². The fourth-order valence-corrected chi connectivity index (χ4v) is 1.62. The topological polar surface area (TPSA) is 49.3 Å². The number of nitrogens with zero attached hydrogens (tertiary/aromatic N) is 2. The number of aliphatic imine (C=N–C) groups is 1. The fourth-order valence-electron chi connectivity index (χ4n) is 1.62. The Morgan fingerprint density at radius 3 is 2.82 bits per heavy atom. The molecule has 5 heteroatoms. The van der Waals surface area contributed by atoms with Crippen LogP contribution < -0.4 is 10.6 Å². The van der Waals surface area contributed by atoms with Crippen molar-refractivity contribution in [1.29, 1.82) is 0 Å². The van der Waals surface area contributed by atoms with E-state index >= 15 is 0 Å². The van der Waals surface area contributed by atoms with Crippen LogP contribution in [-0.2, 0) is 6.54 Å². The summed E-state index contributed by atoms with van der Waals surface area (Å²) in [6, 6.07) is 6.52. The predicted octanol–water partition coefficient (Wildman–Crippen LogP) is 1.92. The van der Waals surface area contributed by atoms with Gasteiger partial charge in [0.25, 0.3) is 0 Å². The van der Waals surface area contributed by atoms with Crippen molar-refractivity contribution in [3.8, 4) is 0 Å². The third kappa shape index (κ3) is 4.49. The number of nitrogens with one attached hydrogen (secondary N) is 2. The van der Waals surface area contributed by atoms with Crippen molar-refractivity contribution >= 4 is 29.9 Å². The van der Waals surface area contributed by atoms with Crippen molar-refractivity contribution in [3.05, 3.63) is 30.1 Å². The zero-order valence-electron chi connectivity index (χ0n) is 10.0. The number of hydrogen-bond acceptors (Lipinski definition) is 2. The van der Waals surface area contributed by atoms with Gasteiger partial charge in [0.15, 0.2) is 5.96 Å². The average Bonchev–Trinajstić information content (AvgIpc) is 2.28. The molecule has 0 aliphatic heterocycles. The summed E-state index contributed by atoms with van der Waals surface area (Å²) in [4.78, 5) is 8.44. The van der Waals surface area contributed by atoms with Crippen LogP contribution in [0.15, 0.2) is 29.4 Å². The number of guanidine groups is 1. The highest BCUT2D eigenvalue weighted by atomic mass is 127.